The minimum absolute atomic E-state index is 0.0972. The molecule has 3 aromatic rings. The summed E-state index contributed by atoms with van der Waals surface area (Å²) in [5.74, 6) is -1.20. The Labute approximate surface area is 164 Å². The van der Waals surface area contributed by atoms with Gasteiger partial charge in [0, 0.05) is 11.5 Å². The lowest BCUT2D eigenvalue weighted by Gasteiger charge is -2.10. The van der Waals surface area contributed by atoms with Crippen molar-refractivity contribution >= 4 is 28.3 Å². The Morgan fingerprint density at radius 3 is 2.61 bits per heavy atom. The van der Waals surface area contributed by atoms with Gasteiger partial charge >= 0.3 is 5.97 Å². The van der Waals surface area contributed by atoms with Gasteiger partial charge in [0.2, 0.25) is 0 Å². The van der Waals surface area contributed by atoms with Crippen LogP contribution in [0.5, 0.6) is 17.2 Å². The first-order chi connectivity index (χ1) is 13.4. The molecular weight excluding hydrogens is 389 g/mol. The number of halogens is 2. The number of rotatable bonds is 6. The van der Waals surface area contributed by atoms with Gasteiger partial charge in [0.15, 0.2) is 11.4 Å². The number of hydrogen-bond acceptors (Lipinski definition) is 5. The van der Waals surface area contributed by atoms with Crippen LogP contribution in [0.3, 0.4) is 0 Å². The first kappa shape index (κ1) is 19.7. The predicted molar refractivity (Wildman–Crippen MR) is 103 cm³/mol. The van der Waals surface area contributed by atoms with E-state index in [-0.39, 0.29) is 45.3 Å². The van der Waals surface area contributed by atoms with Crippen molar-refractivity contribution in [3.8, 4) is 17.2 Å². The Morgan fingerprint density at radius 1 is 1.18 bits per heavy atom. The van der Waals surface area contributed by atoms with Crippen LogP contribution in [-0.4, -0.2) is 22.7 Å². The fourth-order valence-electron chi connectivity index (χ4n) is 2.56. The second kappa shape index (κ2) is 8.31. The van der Waals surface area contributed by atoms with Crippen LogP contribution < -0.4 is 10.3 Å². The number of nitrogens with one attached hydrogen (secondary N) is 1. The number of aromatic amines is 1. The predicted octanol–water partition coefficient (Wildman–Crippen LogP) is 4.78. The molecule has 0 atom stereocenters. The molecule has 0 fully saturated rings. The smallest absolute Gasteiger partial charge is 0.358 e. The van der Waals surface area contributed by atoms with Gasteiger partial charge in [-0.1, -0.05) is 24.9 Å². The maximum Gasteiger partial charge on any atom is 0.358 e. The van der Waals surface area contributed by atoms with Crippen molar-refractivity contribution in [1.82, 2.24) is 4.98 Å². The maximum atomic E-state index is 13.2. The highest BCUT2D eigenvalue weighted by Gasteiger charge is 2.19. The van der Waals surface area contributed by atoms with Crippen LogP contribution in [-0.2, 0) is 4.74 Å². The van der Waals surface area contributed by atoms with Crippen molar-refractivity contribution in [1.29, 1.82) is 0 Å². The first-order valence-corrected chi connectivity index (χ1v) is 8.97. The average molecular weight is 406 g/mol. The number of carbonyl (C=O) groups excluding carboxylic acids is 1. The van der Waals surface area contributed by atoms with E-state index in [0.29, 0.717) is 6.42 Å². The van der Waals surface area contributed by atoms with Crippen LogP contribution in [0.15, 0.2) is 41.2 Å². The Bertz CT molecular complexity index is 1100. The molecule has 3 rings (SSSR count). The van der Waals surface area contributed by atoms with Crippen molar-refractivity contribution in [2.45, 2.75) is 19.8 Å². The molecule has 8 heteroatoms. The molecule has 0 saturated carbocycles. The normalized spacial score (nSPS) is 10.8. The van der Waals surface area contributed by atoms with E-state index in [4.69, 9.17) is 21.1 Å². The lowest BCUT2D eigenvalue weighted by atomic mass is 10.1. The molecule has 146 valence electrons. The van der Waals surface area contributed by atoms with Gasteiger partial charge < -0.3 is 19.6 Å². The Kier molecular flexibility index (Phi) is 5.84. The molecule has 0 aliphatic carbocycles. The van der Waals surface area contributed by atoms with Crippen LogP contribution in [0.4, 0.5) is 4.39 Å². The molecule has 0 aliphatic rings. The summed E-state index contributed by atoms with van der Waals surface area (Å²) in [6, 6.07) is 8.21. The molecule has 0 aliphatic heterocycles. The maximum absolute atomic E-state index is 13.2. The van der Waals surface area contributed by atoms with Crippen LogP contribution in [0.1, 0.15) is 30.3 Å². The van der Waals surface area contributed by atoms with E-state index in [1.807, 2.05) is 6.92 Å². The number of ether oxygens (including phenoxy) is 2. The molecule has 0 saturated heterocycles. The van der Waals surface area contributed by atoms with Crippen LogP contribution in [0, 0.1) is 5.82 Å². The highest BCUT2D eigenvalue weighted by Crippen LogP contribution is 2.31. The topological polar surface area (TPSA) is 88.6 Å². The third-order valence-corrected chi connectivity index (χ3v) is 4.32. The molecule has 0 bridgehead atoms. The fourth-order valence-corrected chi connectivity index (χ4v) is 2.73. The summed E-state index contributed by atoms with van der Waals surface area (Å²) in [6.07, 6.45) is 1.52. The third kappa shape index (κ3) is 4.09. The summed E-state index contributed by atoms with van der Waals surface area (Å²) in [4.78, 5) is 26.8. The fraction of sp³-hybridized carbons (Fsp3) is 0.200. The number of esters is 1. The van der Waals surface area contributed by atoms with Crippen LogP contribution >= 0.6 is 11.6 Å². The zero-order valence-electron chi connectivity index (χ0n) is 14.9. The Morgan fingerprint density at radius 2 is 1.89 bits per heavy atom. The highest BCUT2D eigenvalue weighted by molar-refractivity contribution is 6.30. The number of fused-ring (bicyclic) bond motifs is 1. The summed E-state index contributed by atoms with van der Waals surface area (Å²) >= 11 is 5.73. The summed E-state index contributed by atoms with van der Waals surface area (Å²) in [5, 5.41) is 10.6. The van der Waals surface area contributed by atoms with E-state index in [1.54, 1.807) is 0 Å². The minimum atomic E-state index is -0.800. The van der Waals surface area contributed by atoms with Crippen molar-refractivity contribution in [2.24, 2.45) is 0 Å². The second-order valence-corrected chi connectivity index (χ2v) is 6.46. The third-order valence-electron chi connectivity index (χ3n) is 4.03. The van der Waals surface area contributed by atoms with Crippen LogP contribution in [0.2, 0.25) is 5.02 Å². The molecule has 1 aromatic heterocycles. The van der Waals surface area contributed by atoms with Gasteiger partial charge in [-0.25, -0.2) is 9.18 Å². The molecule has 0 radical (unpaired) electrons. The Balaban J connectivity index is 1.93. The number of H-pyrrole nitrogens is 1. The first-order valence-electron chi connectivity index (χ1n) is 8.59. The monoisotopic (exact) mass is 405 g/mol. The SMILES string of the molecule is CCCCOC(=O)c1[nH]c(=O)c2cc(Oc3ccc(F)c(Cl)c3)ccc2c1O. The lowest BCUT2D eigenvalue weighted by Crippen LogP contribution is -2.16. The van der Waals surface area contributed by atoms with E-state index in [1.165, 1.54) is 30.3 Å². The van der Waals surface area contributed by atoms with Crippen molar-refractivity contribution in [3.63, 3.8) is 0 Å². The quantitative estimate of drug-likeness (QED) is 0.455. The number of aromatic hydroxyl groups is 1. The minimum Gasteiger partial charge on any atom is -0.505 e. The number of carbonyl (C=O) groups is 1. The van der Waals surface area contributed by atoms with E-state index in [2.05, 4.69) is 4.98 Å². The van der Waals surface area contributed by atoms with Crippen molar-refractivity contribution in [3.05, 3.63) is 63.3 Å². The van der Waals surface area contributed by atoms with E-state index >= 15 is 0 Å². The summed E-state index contributed by atoms with van der Waals surface area (Å²) < 4.78 is 23.9. The van der Waals surface area contributed by atoms with Gasteiger partial charge in [0.05, 0.1) is 17.0 Å². The lowest BCUT2D eigenvalue weighted by molar-refractivity contribution is 0.0489. The number of aromatic nitrogens is 1. The van der Waals surface area contributed by atoms with Gasteiger partial charge in [0.1, 0.15) is 17.3 Å². The number of benzene rings is 2. The number of hydrogen-bond donors (Lipinski definition) is 2. The second-order valence-electron chi connectivity index (χ2n) is 6.05. The number of unbranched alkanes of at least 4 members (excludes halogenated alkanes) is 1. The summed E-state index contributed by atoms with van der Waals surface area (Å²) in [6.45, 7) is 2.14. The van der Waals surface area contributed by atoms with E-state index in [0.717, 1.165) is 12.5 Å². The molecule has 6 nitrogen and oxygen atoms in total. The molecule has 2 aromatic carbocycles. The van der Waals surface area contributed by atoms with Gasteiger partial charge in [-0.15, -0.1) is 0 Å². The molecule has 1 heterocycles. The number of pyridine rings is 1. The standard InChI is InChI=1S/C20H17ClFNO5/c1-2-3-8-27-20(26)17-18(24)13-6-4-11(9-14(13)19(25)23-17)28-12-5-7-16(22)15(21)10-12/h4-7,9-10,24H,2-3,8H2,1H3,(H,23,25). The molecule has 0 amide bonds. The van der Waals surface area contributed by atoms with Gasteiger partial charge in [-0.05, 0) is 36.8 Å². The highest BCUT2D eigenvalue weighted by atomic mass is 35.5. The van der Waals surface area contributed by atoms with Crippen LogP contribution in [0.25, 0.3) is 10.8 Å². The van der Waals surface area contributed by atoms with E-state index < -0.39 is 17.3 Å². The largest absolute Gasteiger partial charge is 0.505 e. The Hall–Kier alpha value is -3.06. The van der Waals surface area contributed by atoms with E-state index in [9.17, 15) is 19.1 Å². The van der Waals surface area contributed by atoms with Gasteiger partial charge in [-0.3, -0.25) is 4.79 Å². The van der Waals surface area contributed by atoms with Crippen molar-refractivity contribution in [2.75, 3.05) is 6.61 Å². The zero-order valence-corrected chi connectivity index (χ0v) is 15.7. The van der Waals surface area contributed by atoms with Gasteiger partial charge in [0.25, 0.3) is 5.56 Å². The molecule has 0 unspecified atom stereocenters. The molecule has 2 N–H and O–H groups in total. The summed E-state index contributed by atoms with van der Waals surface area (Å²) in [5.41, 5.74) is -0.884. The average Bonchev–Trinajstić information content (AvgIpc) is 2.67. The van der Waals surface area contributed by atoms with Crippen molar-refractivity contribution < 1.29 is 23.8 Å². The summed E-state index contributed by atoms with van der Waals surface area (Å²) in [7, 11) is 0. The van der Waals surface area contributed by atoms with Gasteiger partial charge in [-0.2, -0.15) is 0 Å². The molecule has 0 spiro atoms. The molecular formula is C20H17ClFNO5. The molecule has 28 heavy (non-hydrogen) atoms. The zero-order chi connectivity index (χ0) is 20.3.